The molecule has 1 aliphatic heterocycles. The van der Waals surface area contributed by atoms with Crippen molar-refractivity contribution >= 4 is 27.5 Å². The number of piperidine rings is 1. The Hall–Kier alpha value is -2.87. The molecule has 2 N–H and O–H groups in total. The lowest BCUT2D eigenvalue weighted by atomic mass is 9.97. The van der Waals surface area contributed by atoms with Crippen molar-refractivity contribution in [2.45, 2.75) is 31.9 Å². The van der Waals surface area contributed by atoms with Crippen molar-refractivity contribution in [3.8, 4) is 0 Å². The van der Waals surface area contributed by atoms with Gasteiger partial charge in [0.05, 0.1) is 17.4 Å². The molecule has 3 rings (SSSR count). The summed E-state index contributed by atoms with van der Waals surface area (Å²) < 4.78 is 24.5. The van der Waals surface area contributed by atoms with Gasteiger partial charge in [0, 0.05) is 25.3 Å². The minimum absolute atomic E-state index is 0.00935. The van der Waals surface area contributed by atoms with Crippen LogP contribution in [-0.2, 0) is 20.4 Å². The van der Waals surface area contributed by atoms with E-state index in [-0.39, 0.29) is 29.4 Å². The molecular weight excluding hydrogens is 426 g/mol. The second kappa shape index (κ2) is 11.1. The van der Waals surface area contributed by atoms with Crippen LogP contribution in [0.5, 0.6) is 0 Å². The number of benzene rings is 2. The van der Waals surface area contributed by atoms with E-state index in [1.54, 1.807) is 17.0 Å². The largest absolute Gasteiger partial charge is 0.356 e. The first kappa shape index (κ1) is 23.8. The van der Waals surface area contributed by atoms with Crippen LogP contribution >= 0.6 is 0 Å². The van der Waals surface area contributed by atoms with Crippen molar-refractivity contribution in [2.24, 2.45) is 5.92 Å². The van der Waals surface area contributed by atoms with E-state index in [1.165, 1.54) is 0 Å². The average molecular weight is 458 g/mol. The van der Waals surface area contributed by atoms with Crippen molar-refractivity contribution in [3.63, 3.8) is 0 Å². The summed E-state index contributed by atoms with van der Waals surface area (Å²) in [5.41, 5.74) is 2.56. The minimum Gasteiger partial charge on any atom is -0.356 e. The zero-order valence-electron chi connectivity index (χ0n) is 18.4. The Morgan fingerprint density at radius 1 is 1.09 bits per heavy atom. The van der Waals surface area contributed by atoms with Gasteiger partial charge in [-0.2, -0.15) is 0 Å². The molecule has 0 aromatic heterocycles. The molecule has 172 valence electrons. The lowest BCUT2D eigenvalue weighted by Gasteiger charge is -2.32. The van der Waals surface area contributed by atoms with E-state index in [2.05, 4.69) is 10.6 Å². The fourth-order valence-corrected chi connectivity index (χ4v) is 5.28. The van der Waals surface area contributed by atoms with Crippen LogP contribution in [-0.4, -0.2) is 50.6 Å². The molecule has 1 fully saturated rings. The van der Waals surface area contributed by atoms with Crippen LogP contribution in [0.25, 0.3) is 0 Å². The first-order valence-corrected chi connectivity index (χ1v) is 12.8. The van der Waals surface area contributed by atoms with Crippen molar-refractivity contribution in [1.82, 2.24) is 10.2 Å². The lowest BCUT2D eigenvalue weighted by Crippen LogP contribution is -2.47. The highest BCUT2D eigenvalue weighted by atomic mass is 32.2. The number of carbonyl (C=O) groups excluding carboxylic acids is 2. The molecule has 7 nitrogen and oxygen atoms in total. The van der Waals surface area contributed by atoms with Gasteiger partial charge in [-0.1, -0.05) is 42.5 Å². The summed E-state index contributed by atoms with van der Waals surface area (Å²) in [6.45, 7) is 3.23. The molecule has 32 heavy (non-hydrogen) atoms. The van der Waals surface area contributed by atoms with E-state index in [9.17, 15) is 18.0 Å². The third-order valence-corrected chi connectivity index (χ3v) is 7.19. The number of nitrogens with zero attached hydrogens (tertiary/aromatic N) is 1. The predicted molar refractivity (Wildman–Crippen MR) is 126 cm³/mol. The summed E-state index contributed by atoms with van der Waals surface area (Å²) in [4.78, 5) is 26.8. The molecule has 0 spiro atoms. The van der Waals surface area contributed by atoms with Crippen LogP contribution < -0.4 is 10.6 Å². The molecule has 0 radical (unpaired) electrons. The highest BCUT2D eigenvalue weighted by molar-refractivity contribution is 7.90. The smallest absolute Gasteiger partial charge is 0.321 e. The number of likely N-dealkylation sites (tertiary alicyclic amines) is 1. The summed E-state index contributed by atoms with van der Waals surface area (Å²) >= 11 is 0. The van der Waals surface area contributed by atoms with Gasteiger partial charge >= 0.3 is 6.03 Å². The van der Waals surface area contributed by atoms with Crippen molar-refractivity contribution in [1.29, 1.82) is 0 Å². The van der Waals surface area contributed by atoms with Gasteiger partial charge < -0.3 is 15.5 Å². The van der Waals surface area contributed by atoms with Crippen LogP contribution in [0, 0.1) is 12.8 Å². The highest BCUT2D eigenvalue weighted by Gasteiger charge is 2.28. The molecule has 1 atom stereocenters. The normalized spacial score (nSPS) is 16.4. The Kier molecular flexibility index (Phi) is 8.27. The number of sulfone groups is 1. The number of carbonyl (C=O) groups is 2. The maximum Gasteiger partial charge on any atom is 0.321 e. The molecular formula is C24H31N3O4S. The molecule has 0 aliphatic carbocycles. The summed E-state index contributed by atoms with van der Waals surface area (Å²) in [6.07, 6.45) is 1.84. The number of nitrogens with one attached hydrogen (secondary N) is 2. The second-order valence-corrected chi connectivity index (χ2v) is 10.5. The predicted octanol–water partition coefficient (Wildman–Crippen LogP) is 3.36. The summed E-state index contributed by atoms with van der Waals surface area (Å²) in [6, 6.07) is 16.5. The Bertz CT molecular complexity index is 1020. The zero-order valence-corrected chi connectivity index (χ0v) is 19.2. The van der Waals surface area contributed by atoms with Gasteiger partial charge in [0.2, 0.25) is 5.91 Å². The van der Waals surface area contributed by atoms with E-state index < -0.39 is 9.84 Å². The average Bonchev–Trinajstić information content (AvgIpc) is 2.77. The molecule has 3 amide bonds. The number of urea groups is 1. The van der Waals surface area contributed by atoms with E-state index in [1.807, 2.05) is 49.4 Å². The second-order valence-electron chi connectivity index (χ2n) is 8.31. The highest BCUT2D eigenvalue weighted by Crippen LogP contribution is 2.18. The Labute approximate surface area is 190 Å². The third kappa shape index (κ3) is 7.37. The number of aryl methyl sites for hydroxylation is 1. The van der Waals surface area contributed by atoms with Gasteiger partial charge in [-0.3, -0.25) is 4.79 Å². The molecule has 0 bridgehead atoms. The van der Waals surface area contributed by atoms with Crippen LogP contribution in [0.1, 0.15) is 30.4 Å². The number of hydrogen-bond acceptors (Lipinski definition) is 4. The number of amides is 3. The lowest BCUT2D eigenvalue weighted by molar-refractivity contribution is -0.126. The quantitative estimate of drug-likeness (QED) is 0.594. The fraction of sp³-hybridized carbons (Fsp3) is 0.417. The SMILES string of the molecule is Cc1cccc(NC(=O)N2CCCC(C(=O)NCCCS(=O)(=O)Cc3ccccc3)C2)c1. The molecule has 0 saturated carbocycles. The van der Waals surface area contributed by atoms with Crippen LogP contribution in [0.3, 0.4) is 0 Å². The maximum absolute atomic E-state index is 12.6. The van der Waals surface area contributed by atoms with E-state index in [0.29, 0.717) is 32.5 Å². The molecule has 2 aromatic rings. The van der Waals surface area contributed by atoms with Gasteiger partial charge in [0.15, 0.2) is 9.84 Å². The van der Waals surface area contributed by atoms with Gasteiger partial charge in [-0.05, 0) is 49.4 Å². The first-order valence-electron chi connectivity index (χ1n) is 11.0. The van der Waals surface area contributed by atoms with E-state index in [4.69, 9.17) is 0 Å². The first-order chi connectivity index (χ1) is 15.3. The van der Waals surface area contributed by atoms with Crippen molar-refractivity contribution in [3.05, 3.63) is 65.7 Å². The van der Waals surface area contributed by atoms with E-state index >= 15 is 0 Å². The Balaban J connectivity index is 1.41. The van der Waals surface area contributed by atoms with Gasteiger partial charge in [-0.15, -0.1) is 0 Å². The summed E-state index contributed by atoms with van der Waals surface area (Å²) in [5.74, 6) is -0.376. The zero-order chi connectivity index (χ0) is 23.0. The van der Waals surface area contributed by atoms with Crippen molar-refractivity contribution in [2.75, 3.05) is 30.7 Å². The summed E-state index contributed by atoms with van der Waals surface area (Å²) in [7, 11) is -3.22. The van der Waals surface area contributed by atoms with Gasteiger partial charge in [0.25, 0.3) is 0 Å². The maximum atomic E-state index is 12.6. The number of rotatable bonds is 8. The van der Waals surface area contributed by atoms with Gasteiger partial charge in [-0.25, -0.2) is 13.2 Å². The third-order valence-electron chi connectivity index (χ3n) is 5.51. The molecule has 1 unspecified atom stereocenters. The molecule has 2 aromatic carbocycles. The number of hydrogen-bond donors (Lipinski definition) is 2. The standard InChI is InChI=1S/C24H31N3O4S/c1-19-8-5-12-22(16-19)26-24(29)27-14-6-11-21(17-27)23(28)25-13-7-15-32(30,31)18-20-9-3-2-4-10-20/h2-5,8-10,12,16,21H,6-7,11,13-15,17-18H2,1H3,(H,25,28)(H,26,29). The summed E-state index contributed by atoms with van der Waals surface area (Å²) in [5, 5.41) is 5.73. The topological polar surface area (TPSA) is 95.6 Å². The van der Waals surface area contributed by atoms with Crippen LogP contribution in [0.15, 0.2) is 54.6 Å². The van der Waals surface area contributed by atoms with E-state index in [0.717, 1.165) is 23.2 Å². The van der Waals surface area contributed by atoms with Gasteiger partial charge in [0.1, 0.15) is 0 Å². The Morgan fingerprint density at radius 2 is 1.88 bits per heavy atom. The molecule has 1 aliphatic rings. The van der Waals surface area contributed by atoms with Crippen molar-refractivity contribution < 1.29 is 18.0 Å². The molecule has 1 saturated heterocycles. The molecule has 8 heteroatoms. The van der Waals surface area contributed by atoms with Crippen LogP contribution in [0.4, 0.5) is 10.5 Å². The minimum atomic E-state index is -3.22. The van der Waals surface area contributed by atoms with Crippen LogP contribution in [0.2, 0.25) is 0 Å². The fourth-order valence-electron chi connectivity index (χ4n) is 3.85. The Morgan fingerprint density at radius 3 is 2.62 bits per heavy atom. The molecule has 1 heterocycles. The monoisotopic (exact) mass is 457 g/mol. The number of anilines is 1.